The van der Waals surface area contributed by atoms with Gasteiger partial charge in [-0.2, -0.15) is 0 Å². The summed E-state index contributed by atoms with van der Waals surface area (Å²) in [4.78, 5) is 26.4. The number of amides is 2. The Morgan fingerprint density at radius 1 is 1.30 bits per heavy atom. The molecule has 120 valence electrons. The van der Waals surface area contributed by atoms with Crippen molar-refractivity contribution in [2.75, 3.05) is 6.54 Å². The molecule has 0 radical (unpaired) electrons. The Bertz CT molecular complexity index is 694. The Kier molecular flexibility index (Phi) is 4.46. The fourth-order valence-electron chi connectivity index (χ4n) is 2.95. The van der Waals surface area contributed by atoms with E-state index in [2.05, 4.69) is 5.32 Å². The first-order valence-corrected chi connectivity index (χ1v) is 7.83. The number of hydrogen-bond acceptors (Lipinski definition) is 3. The average molecular weight is 312 g/mol. The van der Waals surface area contributed by atoms with E-state index in [1.54, 1.807) is 17.0 Å². The zero-order chi connectivity index (χ0) is 16.2. The second-order valence-corrected chi connectivity index (χ2v) is 5.84. The number of rotatable bonds is 4. The summed E-state index contributed by atoms with van der Waals surface area (Å²) >= 11 is 0. The van der Waals surface area contributed by atoms with Crippen LogP contribution < -0.4 is 5.32 Å². The van der Waals surface area contributed by atoms with Gasteiger partial charge in [-0.05, 0) is 37.5 Å². The molecule has 1 unspecified atom stereocenters. The first-order valence-electron chi connectivity index (χ1n) is 7.83. The Labute approximate surface area is 135 Å². The van der Waals surface area contributed by atoms with Gasteiger partial charge in [-0.1, -0.05) is 29.8 Å². The van der Waals surface area contributed by atoms with E-state index in [1.807, 2.05) is 31.2 Å². The monoisotopic (exact) mass is 312 g/mol. The lowest BCUT2D eigenvalue weighted by molar-refractivity contribution is -0.125. The Morgan fingerprint density at radius 3 is 2.91 bits per heavy atom. The Morgan fingerprint density at radius 2 is 2.17 bits per heavy atom. The van der Waals surface area contributed by atoms with Gasteiger partial charge in [-0.3, -0.25) is 9.59 Å². The zero-order valence-electron chi connectivity index (χ0n) is 13.1. The van der Waals surface area contributed by atoms with Crippen LogP contribution in [0.1, 0.15) is 34.5 Å². The molecule has 1 aromatic heterocycles. The molecule has 0 spiro atoms. The van der Waals surface area contributed by atoms with Crippen LogP contribution in [0.2, 0.25) is 0 Å². The third kappa shape index (κ3) is 3.44. The van der Waals surface area contributed by atoms with Crippen molar-refractivity contribution in [3.05, 3.63) is 59.5 Å². The number of benzene rings is 1. The number of nitrogens with zero attached hydrogens (tertiary/aromatic N) is 1. The zero-order valence-corrected chi connectivity index (χ0v) is 13.1. The van der Waals surface area contributed by atoms with E-state index < -0.39 is 6.04 Å². The molecule has 5 nitrogen and oxygen atoms in total. The summed E-state index contributed by atoms with van der Waals surface area (Å²) in [6.07, 6.45) is 2.98. The van der Waals surface area contributed by atoms with Crippen LogP contribution in [0.4, 0.5) is 0 Å². The van der Waals surface area contributed by atoms with Crippen molar-refractivity contribution >= 4 is 11.8 Å². The standard InChI is InChI=1S/C18H20N2O3/c1-13-5-2-6-14(11-13)12-19-17(21)15-7-3-9-20(15)18(22)16-8-4-10-23-16/h2,4-6,8,10-11,15H,3,7,9,12H2,1H3,(H,19,21). The van der Waals surface area contributed by atoms with E-state index in [1.165, 1.54) is 6.26 Å². The number of likely N-dealkylation sites (tertiary alicyclic amines) is 1. The predicted molar refractivity (Wildman–Crippen MR) is 85.8 cm³/mol. The van der Waals surface area contributed by atoms with Crippen molar-refractivity contribution in [1.29, 1.82) is 0 Å². The van der Waals surface area contributed by atoms with Crippen molar-refractivity contribution in [2.45, 2.75) is 32.4 Å². The molecule has 1 aromatic carbocycles. The fourth-order valence-corrected chi connectivity index (χ4v) is 2.95. The minimum Gasteiger partial charge on any atom is -0.459 e. The maximum atomic E-state index is 12.5. The molecule has 1 N–H and O–H groups in total. The van der Waals surface area contributed by atoms with Crippen molar-refractivity contribution in [3.63, 3.8) is 0 Å². The molecule has 1 fully saturated rings. The molecule has 0 bridgehead atoms. The topological polar surface area (TPSA) is 62.6 Å². The van der Waals surface area contributed by atoms with Crippen molar-refractivity contribution in [3.8, 4) is 0 Å². The van der Waals surface area contributed by atoms with Crippen LogP contribution in [-0.4, -0.2) is 29.3 Å². The fraction of sp³-hybridized carbons (Fsp3) is 0.333. The van der Waals surface area contributed by atoms with Crippen LogP contribution >= 0.6 is 0 Å². The molecule has 5 heteroatoms. The molecule has 0 saturated carbocycles. The molecule has 1 aliphatic heterocycles. The Hall–Kier alpha value is -2.56. The first kappa shape index (κ1) is 15.3. The summed E-state index contributed by atoms with van der Waals surface area (Å²) in [6.45, 7) is 3.08. The molecule has 2 aromatic rings. The second-order valence-electron chi connectivity index (χ2n) is 5.84. The highest BCUT2D eigenvalue weighted by molar-refractivity contribution is 5.95. The van der Waals surface area contributed by atoms with Gasteiger partial charge in [0.1, 0.15) is 6.04 Å². The predicted octanol–water partition coefficient (Wildman–Crippen LogP) is 2.51. The maximum absolute atomic E-state index is 12.5. The molecule has 0 aliphatic carbocycles. The largest absolute Gasteiger partial charge is 0.459 e. The van der Waals surface area contributed by atoms with Crippen molar-refractivity contribution < 1.29 is 14.0 Å². The smallest absolute Gasteiger partial charge is 0.290 e. The number of aryl methyl sites for hydroxylation is 1. The summed E-state index contributed by atoms with van der Waals surface area (Å²) in [5.41, 5.74) is 2.22. The number of carbonyl (C=O) groups excluding carboxylic acids is 2. The van der Waals surface area contributed by atoms with Crippen LogP contribution in [0, 0.1) is 6.92 Å². The van der Waals surface area contributed by atoms with E-state index in [0.717, 1.165) is 17.5 Å². The summed E-state index contributed by atoms with van der Waals surface area (Å²) in [6, 6.07) is 10.9. The van der Waals surface area contributed by atoms with E-state index in [9.17, 15) is 9.59 Å². The van der Waals surface area contributed by atoms with Crippen LogP contribution in [-0.2, 0) is 11.3 Å². The van der Waals surface area contributed by atoms with Crippen molar-refractivity contribution in [2.24, 2.45) is 0 Å². The summed E-state index contributed by atoms with van der Waals surface area (Å²) < 4.78 is 5.16. The van der Waals surface area contributed by atoms with Crippen LogP contribution in [0.5, 0.6) is 0 Å². The summed E-state index contributed by atoms with van der Waals surface area (Å²) in [5, 5.41) is 2.93. The third-order valence-corrected chi connectivity index (χ3v) is 4.10. The quantitative estimate of drug-likeness (QED) is 0.943. The van der Waals surface area contributed by atoms with Crippen molar-refractivity contribution in [1.82, 2.24) is 10.2 Å². The highest BCUT2D eigenvalue weighted by atomic mass is 16.3. The molecule has 2 amide bonds. The normalized spacial score (nSPS) is 17.3. The second kappa shape index (κ2) is 6.69. The van der Waals surface area contributed by atoms with E-state index in [4.69, 9.17) is 4.42 Å². The number of carbonyl (C=O) groups is 2. The lowest BCUT2D eigenvalue weighted by Crippen LogP contribution is -2.45. The highest BCUT2D eigenvalue weighted by Crippen LogP contribution is 2.20. The SMILES string of the molecule is Cc1cccc(CNC(=O)C2CCCN2C(=O)c2ccco2)c1. The van der Waals surface area contributed by atoms with Gasteiger partial charge in [-0.15, -0.1) is 0 Å². The van der Waals surface area contributed by atoms with E-state index in [0.29, 0.717) is 19.5 Å². The molecular formula is C18H20N2O3. The maximum Gasteiger partial charge on any atom is 0.290 e. The van der Waals surface area contributed by atoms with Crippen LogP contribution in [0.25, 0.3) is 0 Å². The van der Waals surface area contributed by atoms with Gasteiger partial charge < -0.3 is 14.6 Å². The summed E-state index contributed by atoms with van der Waals surface area (Å²) in [5.74, 6) is -0.0458. The minimum atomic E-state index is -0.419. The lowest BCUT2D eigenvalue weighted by Gasteiger charge is -2.23. The van der Waals surface area contributed by atoms with Gasteiger partial charge in [0, 0.05) is 13.1 Å². The molecule has 23 heavy (non-hydrogen) atoms. The number of hydrogen-bond donors (Lipinski definition) is 1. The first-order chi connectivity index (χ1) is 11.1. The van der Waals surface area contributed by atoms with Crippen LogP contribution in [0.3, 0.4) is 0 Å². The molecule has 1 aliphatic rings. The van der Waals surface area contributed by atoms with Gasteiger partial charge in [0.2, 0.25) is 5.91 Å². The number of nitrogens with one attached hydrogen (secondary N) is 1. The number of furan rings is 1. The molecule has 2 heterocycles. The van der Waals surface area contributed by atoms with Gasteiger partial charge >= 0.3 is 0 Å². The molecule has 1 saturated heterocycles. The minimum absolute atomic E-state index is 0.107. The van der Waals surface area contributed by atoms with E-state index >= 15 is 0 Å². The molecule has 1 atom stereocenters. The van der Waals surface area contributed by atoms with Gasteiger partial charge in [0.25, 0.3) is 5.91 Å². The van der Waals surface area contributed by atoms with Gasteiger partial charge in [-0.25, -0.2) is 0 Å². The summed E-state index contributed by atoms with van der Waals surface area (Å²) in [7, 11) is 0. The lowest BCUT2D eigenvalue weighted by atomic mass is 10.1. The third-order valence-electron chi connectivity index (χ3n) is 4.10. The van der Waals surface area contributed by atoms with E-state index in [-0.39, 0.29) is 17.6 Å². The van der Waals surface area contributed by atoms with Crippen LogP contribution in [0.15, 0.2) is 47.1 Å². The molecular weight excluding hydrogens is 292 g/mol. The van der Waals surface area contributed by atoms with Gasteiger partial charge in [0.05, 0.1) is 6.26 Å². The van der Waals surface area contributed by atoms with Gasteiger partial charge in [0.15, 0.2) is 5.76 Å². The molecule has 3 rings (SSSR count). The highest BCUT2D eigenvalue weighted by Gasteiger charge is 2.35. The Balaban J connectivity index is 1.63. The average Bonchev–Trinajstić information content (AvgIpc) is 3.23.